The summed E-state index contributed by atoms with van der Waals surface area (Å²) in [5.74, 6) is 0.380. The average Bonchev–Trinajstić information content (AvgIpc) is 2.98. The molecule has 2 aromatic rings. The summed E-state index contributed by atoms with van der Waals surface area (Å²) < 4.78 is 5.09. The number of non-ortho nitro benzene ring substituents is 1. The van der Waals surface area contributed by atoms with Gasteiger partial charge in [0.15, 0.2) is 0 Å². The lowest BCUT2D eigenvalue weighted by atomic mass is 10.2. The third-order valence-electron chi connectivity index (χ3n) is 2.85. The maximum Gasteiger partial charge on any atom is 0.269 e. The number of likely N-dealkylation sites (N-methyl/N-ethyl adjacent to an activating group) is 1. The predicted octanol–water partition coefficient (Wildman–Crippen LogP) is 2.86. The molecular weight excluding hydrogens is 272 g/mol. The first-order valence-electron chi connectivity index (χ1n) is 6.26. The topological polar surface area (TPSA) is 76.6 Å². The molecule has 0 aliphatic heterocycles. The zero-order valence-corrected chi connectivity index (χ0v) is 11.4. The second-order valence-corrected chi connectivity index (χ2v) is 4.47. The second kappa shape index (κ2) is 6.51. The van der Waals surface area contributed by atoms with Crippen LogP contribution in [0.15, 0.2) is 53.2 Å². The molecule has 6 heteroatoms. The first-order chi connectivity index (χ1) is 10.1. The summed E-state index contributed by atoms with van der Waals surface area (Å²) >= 11 is 0. The quantitative estimate of drug-likeness (QED) is 0.481. The molecule has 0 fully saturated rings. The second-order valence-electron chi connectivity index (χ2n) is 4.47. The van der Waals surface area contributed by atoms with E-state index in [9.17, 15) is 14.9 Å². The van der Waals surface area contributed by atoms with E-state index in [1.165, 1.54) is 29.4 Å². The third-order valence-corrected chi connectivity index (χ3v) is 2.85. The van der Waals surface area contributed by atoms with Crippen LogP contribution in [-0.2, 0) is 11.3 Å². The predicted molar refractivity (Wildman–Crippen MR) is 77.3 cm³/mol. The van der Waals surface area contributed by atoms with Crippen LogP contribution >= 0.6 is 0 Å². The van der Waals surface area contributed by atoms with Gasteiger partial charge in [-0.25, -0.2) is 0 Å². The molecule has 108 valence electrons. The molecule has 0 spiro atoms. The molecule has 0 unspecified atom stereocenters. The molecule has 2 rings (SSSR count). The highest BCUT2D eigenvalue weighted by Gasteiger charge is 2.09. The number of hydrogen-bond acceptors (Lipinski definition) is 4. The van der Waals surface area contributed by atoms with E-state index < -0.39 is 4.92 Å². The average molecular weight is 286 g/mol. The number of amides is 1. The molecule has 0 atom stereocenters. The van der Waals surface area contributed by atoms with Gasteiger partial charge in [-0.1, -0.05) is 12.1 Å². The van der Waals surface area contributed by atoms with Crippen LogP contribution in [0.4, 0.5) is 5.69 Å². The Balaban J connectivity index is 2.00. The number of nitro groups is 1. The lowest BCUT2D eigenvalue weighted by molar-refractivity contribution is -0.384. The van der Waals surface area contributed by atoms with Gasteiger partial charge >= 0.3 is 0 Å². The molecule has 1 heterocycles. The van der Waals surface area contributed by atoms with E-state index in [2.05, 4.69) is 0 Å². The maximum atomic E-state index is 11.9. The number of nitrogens with zero attached hydrogens (tertiary/aromatic N) is 2. The fourth-order valence-corrected chi connectivity index (χ4v) is 1.79. The van der Waals surface area contributed by atoms with Crippen molar-refractivity contribution in [1.82, 2.24) is 4.90 Å². The summed E-state index contributed by atoms with van der Waals surface area (Å²) in [7, 11) is 1.63. The molecule has 0 bridgehead atoms. The summed E-state index contributed by atoms with van der Waals surface area (Å²) in [4.78, 5) is 23.6. The molecule has 1 aromatic carbocycles. The van der Waals surface area contributed by atoms with Crippen molar-refractivity contribution < 1.29 is 14.1 Å². The Kier molecular flexibility index (Phi) is 4.50. The lowest BCUT2D eigenvalue weighted by Gasteiger charge is -2.14. The van der Waals surface area contributed by atoms with Gasteiger partial charge in [0, 0.05) is 31.8 Å². The van der Waals surface area contributed by atoms with E-state index in [1.807, 2.05) is 0 Å². The number of carbonyl (C=O) groups is 1. The first-order valence-corrected chi connectivity index (χ1v) is 6.26. The molecule has 0 aliphatic carbocycles. The van der Waals surface area contributed by atoms with Crippen LogP contribution in [0.25, 0.3) is 6.08 Å². The molecule has 0 N–H and O–H groups in total. The zero-order valence-electron chi connectivity index (χ0n) is 11.4. The van der Waals surface area contributed by atoms with Crippen LogP contribution in [0.2, 0.25) is 0 Å². The number of hydrogen-bond donors (Lipinski definition) is 0. The summed E-state index contributed by atoms with van der Waals surface area (Å²) in [6.07, 6.45) is 4.50. The van der Waals surface area contributed by atoms with Gasteiger partial charge in [-0.3, -0.25) is 14.9 Å². The van der Waals surface area contributed by atoms with Crippen molar-refractivity contribution in [2.45, 2.75) is 6.54 Å². The van der Waals surface area contributed by atoms with E-state index in [4.69, 9.17) is 4.42 Å². The van der Waals surface area contributed by atoms with Crippen molar-refractivity contribution >= 4 is 17.7 Å². The van der Waals surface area contributed by atoms with Gasteiger partial charge in [0.2, 0.25) is 5.91 Å². The number of rotatable bonds is 5. The number of nitro benzene ring substituents is 1. The van der Waals surface area contributed by atoms with Gasteiger partial charge < -0.3 is 9.32 Å². The van der Waals surface area contributed by atoms with E-state index in [0.717, 1.165) is 0 Å². The van der Waals surface area contributed by atoms with Crippen LogP contribution in [0.1, 0.15) is 11.3 Å². The SMILES string of the molecule is CN(Cc1cccc([N+](=O)[O-])c1)C(=O)C=Cc1ccco1. The van der Waals surface area contributed by atoms with Crippen molar-refractivity contribution in [1.29, 1.82) is 0 Å². The van der Waals surface area contributed by atoms with Gasteiger partial charge in [-0.2, -0.15) is 0 Å². The molecule has 21 heavy (non-hydrogen) atoms. The summed E-state index contributed by atoms with van der Waals surface area (Å²) in [6.45, 7) is 0.295. The monoisotopic (exact) mass is 286 g/mol. The molecule has 0 aliphatic rings. The highest BCUT2D eigenvalue weighted by molar-refractivity contribution is 5.91. The third kappa shape index (κ3) is 4.04. The van der Waals surface area contributed by atoms with E-state index >= 15 is 0 Å². The molecule has 0 saturated carbocycles. The Labute approximate surface area is 121 Å². The van der Waals surface area contributed by atoms with Gasteiger partial charge in [0.25, 0.3) is 5.69 Å². The Bertz CT molecular complexity index is 662. The van der Waals surface area contributed by atoms with Gasteiger partial charge in [0.1, 0.15) is 5.76 Å². The minimum Gasteiger partial charge on any atom is -0.465 e. The van der Waals surface area contributed by atoms with Crippen LogP contribution < -0.4 is 0 Å². The summed E-state index contributed by atoms with van der Waals surface area (Å²) in [5, 5.41) is 10.7. The summed E-state index contributed by atoms with van der Waals surface area (Å²) in [5.41, 5.74) is 0.714. The Morgan fingerprint density at radius 3 is 2.86 bits per heavy atom. The number of carbonyl (C=O) groups excluding carboxylic acids is 1. The minimum atomic E-state index is -0.456. The van der Waals surface area contributed by atoms with E-state index in [0.29, 0.717) is 17.9 Å². The number of benzene rings is 1. The lowest BCUT2D eigenvalue weighted by Crippen LogP contribution is -2.24. The van der Waals surface area contributed by atoms with Crippen molar-refractivity contribution in [3.8, 4) is 0 Å². The number of furan rings is 1. The largest absolute Gasteiger partial charge is 0.465 e. The van der Waals surface area contributed by atoms with Gasteiger partial charge in [-0.15, -0.1) is 0 Å². The van der Waals surface area contributed by atoms with Gasteiger partial charge in [-0.05, 0) is 23.8 Å². The maximum absolute atomic E-state index is 11.9. The normalized spacial score (nSPS) is 10.7. The van der Waals surface area contributed by atoms with Crippen molar-refractivity contribution in [3.63, 3.8) is 0 Å². The fourth-order valence-electron chi connectivity index (χ4n) is 1.79. The van der Waals surface area contributed by atoms with Crippen LogP contribution in [-0.4, -0.2) is 22.8 Å². The molecule has 6 nitrogen and oxygen atoms in total. The molecule has 1 aromatic heterocycles. The summed E-state index contributed by atoms with van der Waals surface area (Å²) in [6, 6.07) is 9.70. The van der Waals surface area contributed by atoms with Gasteiger partial charge in [0.05, 0.1) is 11.2 Å². The Hall–Kier alpha value is -2.89. The van der Waals surface area contributed by atoms with Crippen molar-refractivity contribution in [2.75, 3.05) is 7.05 Å². The molecule has 1 amide bonds. The van der Waals surface area contributed by atoms with Crippen molar-refractivity contribution in [3.05, 3.63) is 70.2 Å². The smallest absolute Gasteiger partial charge is 0.269 e. The van der Waals surface area contributed by atoms with Crippen LogP contribution in [0.5, 0.6) is 0 Å². The molecule has 0 saturated heterocycles. The van der Waals surface area contributed by atoms with E-state index in [-0.39, 0.29) is 11.6 Å². The highest BCUT2D eigenvalue weighted by atomic mass is 16.6. The highest BCUT2D eigenvalue weighted by Crippen LogP contribution is 2.14. The molecule has 0 radical (unpaired) electrons. The van der Waals surface area contributed by atoms with Crippen molar-refractivity contribution in [2.24, 2.45) is 0 Å². The molecular formula is C15H14N2O4. The Morgan fingerprint density at radius 2 is 2.19 bits per heavy atom. The van der Waals surface area contributed by atoms with Crippen LogP contribution in [0.3, 0.4) is 0 Å². The fraction of sp³-hybridized carbons (Fsp3) is 0.133. The standard InChI is InChI=1S/C15H14N2O4/c1-16(15(18)8-7-14-6-3-9-21-14)11-12-4-2-5-13(10-12)17(19)20/h2-10H,11H2,1H3. The first kappa shape index (κ1) is 14.5. The minimum absolute atomic E-state index is 0.0134. The van der Waals surface area contributed by atoms with E-state index in [1.54, 1.807) is 37.4 Å². The van der Waals surface area contributed by atoms with Crippen LogP contribution in [0, 0.1) is 10.1 Å². The zero-order chi connectivity index (χ0) is 15.2. The Morgan fingerprint density at radius 1 is 1.38 bits per heavy atom.